The Labute approximate surface area is 175 Å². The highest BCUT2D eigenvalue weighted by molar-refractivity contribution is 9.10. The molecule has 0 aliphatic carbocycles. The van der Waals surface area contributed by atoms with E-state index < -0.39 is 17.8 Å². The molecule has 1 heterocycles. The summed E-state index contributed by atoms with van der Waals surface area (Å²) in [5.41, 5.74) is 2.43. The zero-order valence-electron chi connectivity index (χ0n) is 16.1. The van der Waals surface area contributed by atoms with Crippen LogP contribution in [0.3, 0.4) is 0 Å². The molecule has 0 fully saturated rings. The van der Waals surface area contributed by atoms with Gasteiger partial charge in [0.05, 0.1) is 11.4 Å². The van der Waals surface area contributed by atoms with E-state index in [0.29, 0.717) is 10.2 Å². The number of carbonyl (C=O) groups is 1. The second kappa shape index (κ2) is 8.57. The van der Waals surface area contributed by atoms with Crippen molar-refractivity contribution in [3.8, 4) is 11.6 Å². The van der Waals surface area contributed by atoms with Gasteiger partial charge in [0.25, 0.3) is 11.5 Å². The van der Waals surface area contributed by atoms with Crippen LogP contribution in [0.2, 0.25) is 0 Å². The zero-order valence-corrected chi connectivity index (χ0v) is 17.7. The minimum Gasteiger partial charge on any atom is -0.463 e. The fourth-order valence-electron chi connectivity index (χ4n) is 2.56. The summed E-state index contributed by atoms with van der Waals surface area (Å²) < 4.78 is 21.3. The van der Waals surface area contributed by atoms with Crippen LogP contribution in [0, 0.1) is 19.7 Å². The van der Waals surface area contributed by atoms with Gasteiger partial charge in [-0.05, 0) is 62.2 Å². The van der Waals surface area contributed by atoms with Crippen molar-refractivity contribution in [1.29, 1.82) is 0 Å². The van der Waals surface area contributed by atoms with E-state index in [0.717, 1.165) is 11.1 Å². The summed E-state index contributed by atoms with van der Waals surface area (Å²) in [6, 6.07) is 12.6. The van der Waals surface area contributed by atoms with Crippen LogP contribution in [-0.4, -0.2) is 21.8 Å². The fourth-order valence-corrected chi connectivity index (χ4v) is 2.89. The molecule has 0 radical (unpaired) electrons. The maximum Gasteiger partial charge on any atom is 0.271 e. The van der Waals surface area contributed by atoms with Crippen LogP contribution in [0.15, 0.2) is 57.8 Å². The largest absolute Gasteiger partial charge is 0.463 e. The van der Waals surface area contributed by atoms with Gasteiger partial charge in [0.1, 0.15) is 5.82 Å². The summed E-state index contributed by atoms with van der Waals surface area (Å²) in [6.07, 6.45) is -0.962. The molecule has 1 amide bonds. The summed E-state index contributed by atoms with van der Waals surface area (Å²) in [7, 11) is 0. The quantitative estimate of drug-likeness (QED) is 0.621. The van der Waals surface area contributed by atoms with Crippen LogP contribution in [0.1, 0.15) is 18.1 Å². The van der Waals surface area contributed by atoms with Crippen molar-refractivity contribution in [2.24, 2.45) is 0 Å². The maximum atomic E-state index is 13.9. The number of rotatable bonds is 5. The molecule has 8 heteroatoms. The number of anilines is 1. The molecule has 29 heavy (non-hydrogen) atoms. The molecule has 1 aromatic heterocycles. The van der Waals surface area contributed by atoms with E-state index in [-0.39, 0.29) is 17.1 Å². The average Bonchev–Trinajstić information content (AvgIpc) is 2.67. The Bertz CT molecular complexity index is 1130. The summed E-state index contributed by atoms with van der Waals surface area (Å²) in [5, 5.41) is 6.67. The van der Waals surface area contributed by atoms with E-state index in [1.54, 1.807) is 12.1 Å². The lowest BCUT2D eigenvalue weighted by atomic mass is 10.1. The second-order valence-electron chi connectivity index (χ2n) is 6.56. The minimum absolute atomic E-state index is 0.0432. The van der Waals surface area contributed by atoms with Gasteiger partial charge in [0.15, 0.2) is 6.10 Å². The number of aryl methyl sites for hydroxylation is 2. The molecule has 0 saturated carbocycles. The van der Waals surface area contributed by atoms with E-state index in [9.17, 15) is 14.0 Å². The van der Waals surface area contributed by atoms with Crippen LogP contribution in [0.25, 0.3) is 5.69 Å². The number of benzene rings is 2. The molecule has 150 valence electrons. The monoisotopic (exact) mass is 459 g/mol. The Morgan fingerprint density at radius 2 is 1.90 bits per heavy atom. The normalized spacial score (nSPS) is 11.8. The molecule has 0 aliphatic rings. The first-order chi connectivity index (χ1) is 13.7. The lowest BCUT2D eigenvalue weighted by molar-refractivity contribution is -0.122. The smallest absolute Gasteiger partial charge is 0.271 e. The van der Waals surface area contributed by atoms with Crippen LogP contribution >= 0.6 is 15.9 Å². The van der Waals surface area contributed by atoms with Crippen LogP contribution in [-0.2, 0) is 4.79 Å². The third-order valence-electron chi connectivity index (χ3n) is 4.37. The van der Waals surface area contributed by atoms with Gasteiger partial charge in [-0.2, -0.15) is 4.68 Å². The predicted molar refractivity (Wildman–Crippen MR) is 112 cm³/mol. The number of carbonyl (C=O) groups excluding carboxylic acids is 1. The zero-order chi connectivity index (χ0) is 21.1. The van der Waals surface area contributed by atoms with Gasteiger partial charge in [0, 0.05) is 16.6 Å². The molecule has 0 aliphatic heterocycles. The SMILES string of the molecule is Cc1ccc(-n2nc(OC(C)C(=O)Nc3ccc(Br)cc3F)ccc2=O)cc1C. The Hall–Kier alpha value is -3.00. The first-order valence-electron chi connectivity index (χ1n) is 8.85. The molecule has 3 rings (SSSR count). The highest BCUT2D eigenvalue weighted by atomic mass is 79.9. The van der Waals surface area contributed by atoms with Gasteiger partial charge in [-0.3, -0.25) is 9.59 Å². The van der Waals surface area contributed by atoms with Gasteiger partial charge in [0.2, 0.25) is 5.88 Å². The number of aromatic nitrogens is 2. The van der Waals surface area contributed by atoms with Crippen molar-refractivity contribution in [3.05, 3.63) is 80.3 Å². The van der Waals surface area contributed by atoms with Crippen molar-refractivity contribution in [3.63, 3.8) is 0 Å². The van der Waals surface area contributed by atoms with E-state index >= 15 is 0 Å². The Morgan fingerprint density at radius 1 is 1.14 bits per heavy atom. The number of hydrogen-bond acceptors (Lipinski definition) is 4. The standard InChI is InChI=1S/C21H19BrFN3O3/c1-12-4-6-16(10-13(12)2)26-20(27)9-8-19(25-26)29-14(3)21(28)24-18-7-5-15(22)11-17(18)23/h4-11,14H,1-3H3,(H,24,28). The minimum atomic E-state index is -0.962. The average molecular weight is 460 g/mol. The molecular weight excluding hydrogens is 441 g/mol. The lowest BCUT2D eigenvalue weighted by Gasteiger charge is -2.15. The third-order valence-corrected chi connectivity index (χ3v) is 4.86. The summed E-state index contributed by atoms with van der Waals surface area (Å²) in [4.78, 5) is 24.6. The summed E-state index contributed by atoms with van der Waals surface area (Å²) in [6.45, 7) is 5.43. The van der Waals surface area contributed by atoms with E-state index in [2.05, 4.69) is 26.3 Å². The molecule has 0 bridgehead atoms. The molecule has 1 atom stereocenters. The van der Waals surface area contributed by atoms with Gasteiger partial charge in [-0.15, -0.1) is 5.10 Å². The van der Waals surface area contributed by atoms with E-state index in [4.69, 9.17) is 4.74 Å². The highest BCUT2D eigenvalue weighted by Crippen LogP contribution is 2.20. The van der Waals surface area contributed by atoms with Gasteiger partial charge < -0.3 is 10.1 Å². The summed E-state index contributed by atoms with van der Waals surface area (Å²) >= 11 is 3.16. The first kappa shape index (κ1) is 20.7. The molecule has 6 nitrogen and oxygen atoms in total. The maximum absolute atomic E-state index is 13.9. The van der Waals surface area contributed by atoms with Gasteiger partial charge in [-0.25, -0.2) is 4.39 Å². The van der Waals surface area contributed by atoms with Gasteiger partial charge >= 0.3 is 0 Å². The second-order valence-corrected chi connectivity index (χ2v) is 7.48. The van der Waals surface area contributed by atoms with Crippen molar-refractivity contribution in [1.82, 2.24) is 9.78 Å². The van der Waals surface area contributed by atoms with Crippen molar-refractivity contribution in [2.75, 3.05) is 5.32 Å². The molecule has 1 unspecified atom stereocenters. The third kappa shape index (κ3) is 4.89. The lowest BCUT2D eigenvalue weighted by Crippen LogP contribution is -2.31. The van der Waals surface area contributed by atoms with Crippen molar-refractivity contribution >= 4 is 27.5 Å². The van der Waals surface area contributed by atoms with Gasteiger partial charge in [-0.1, -0.05) is 22.0 Å². The first-order valence-corrected chi connectivity index (χ1v) is 9.64. The Morgan fingerprint density at radius 3 is 2.59 bits per heavy atom. The summed E-state index contributed by atoms with van der Waals surface area (Å²) in [5.74, 6) is -1.01. The molecule has 1 N–H and O–H groups in total. The number of nitrogens with zero attached hydrogens (tertiary/aromatic N) is 2. The van der Waals surface area contributed by atoms with E-state index in [1.165, 1.54) is 35.9 Å². The van der Waals surface area contributed by atoms with Crippen molar-refractivity contribution < 1.29 is 13.9 Å². The predicted octanol–water partition coefficient (Wildman–Crippen LogP) is 4.16. The Balaban J connectivity index is 1.78. The van der Waals surface area contributed by atoms with Crippen LogP contribution in [0.5, 0.6) is 5.88 Å². The molecular formula is C21H19BrFN3O3. The number of ether oxygens (including phenoxy) is 1. The molecule has 2 aromatic carbocycles. The van der Waals surface area contributed by atoms with E-state index in [1.807, 2.05) is 26.0 Å². The van der Waals surface area contributed by atoms with Crippen LogP contribution in [0.4, 0.5) is 10.1 Å². The number of nitrogens with one attached hydrogen (secondary N) is 1. The topological polar surface area (TPSA) is 73.2 Å². The highest BCUT2D eigenvalue weighted by Gasteiger charge is 2.18. The molecule has 0 spiro atoms. The van der Waals surface area contributed by atoms with Crippen LogP contribution < -0.4 is 15.6 Å². The number of hydrogen-bond donors (Lipinski definition) is 1. The van der Waals surface area contributed by atoms with Crippen molar-refractivity contribution in [2.45, 2.75) is 26.9 Å². The number of halogens is 2. The molecule has 0 saturated heterocycles. The number of amides is 1. The Kier molecular flexibility index (Phi) is 6.12. The fraction of sp³-hybridized carbons (Fsp3) is 0.190. The molecule has 3 aromatic rings.